The van der Waals surface area contributed by atoms with Crippen molar-refractivity contribution in [3.63, 3.8) is 0 Å². The summed E-state index contributed by atoms with van der Waals surface area (Å²) in [6, 6.07) is 12.1. The molecule has 1 heterocycles. The standard InChI is InChI=1S/C32H41F2N3O5S/c1-5-23-18-25(31-24(13-16-30(39)40)9-6-10-27(31)33)12-14-28(23)43(41,42)37(4)21-26(38)20-36-32(2,3)17-7-8-22-11-15-29(34)35-19-22/h6,9-12,14-15,18-19,26,36,38H,5,7-8,13,16-17,20-21H2,1-4H3,(H,39,40)/t26-/m1/s1. The zero-order valence-corrected chi connectivity index (χ0v) is 25.9. The van der Waals surface area contributed by atoms with Crippen LogP contribution in [0.1, 0.15) is 56.7 Å². The normalized spacial score (nSPS) is 12.9. The van der Waals surface area contributed by atoms with Crippen LogP contribution >= 0.6 is 0 Å². The zero-order valence-electron chi connectivity index (χ0n) is 25.1. The van der Waals surface area contributed by atoms with Gasteiger partial charge in [0.1, 0.15) is 5.82 Å². The molecule has 11 heteroatoms. The van der Waals surface area contributed by atoms with Crippen molar-refractivity contribution in [2.75, 3.05) is 20.1 Å². The SMILES string of the molecule is CCc1cc(-c2c(F)cccc2CCC(=O)O)ccc1S(=O)(=O)N(C)C[C@H](O)CNC(C)(C)CCCc1ccc(F)nc1. The third-order valence-corrected chi connectivity index (χ3v) is 9.39. The van der Waals surface area contributed by atoms with Gasteiger partial charge in [-0.3, -0.25) is 4.79 Å². The minimum absolute atomic E-state index is 0.0699. The first kappa shape index (κ1) is 34.2. The van der Waals surface area contributed by atoms with Gasteiger partial charge in [0.05, 0.1) is 11.0 Å². The molecule has 0 saturated heterocycles. The molecule has 0 aliphatic rings. The number of carbonyl (C=O) groups is 1. The fourth-order valence-corrected chi connectivity index (χ4v) is 6.48. The van der Waals surface area contributed by atoms with E-state index >= 15 is 0 Å². The van der Waals surface area contributed by atoms with E-state index in [0.717, 1.165) is 29.1 Å². The smallest absolute Gasteiger partial charge is 0.303 e. The fraction of sp³-hybridized carbons (Fsp3) is 0.438. The average Bonchev–Trinajstić information content (AvgIpc) is 2.95. The molecule has 0 unspecified atom stereocenters. The van der Waals surface area contributed by atoms with Gasteiger partial charge in [-0.15, -0.1) is 0 Å². The number of halogens is 2. The van der Waals surface area contributed by atoms with Crippen LogP contribution in [0.25, 0.3) is 11.1 Å². The summed E-state index contributed by atoms with van der Waals surface area (Å²) in [4.78, 5) is 14.8. The van der Waals surface area contributed by atoms with Crippen molar-refractivity contribution in [2.45, 2.75) is 75.8 Å². The van der Waals surface area contributed by atoms with Gasteiger partial charge in [0.15, 0.2) is 0 Å². The van der Waals surface area contributed by atoms with Crippen molar-refractivity contribution in [1.82, 2.24) is 14.6 Å². The summed E-state index contributed by atoms with van der Waals surface area (Å²) in [6.07, 6.45) is 3.23. The maximum atomic E-state index is 14.9. The molecule has 3 rings (SSSR count). The van der Waals surface area contributed by atoms with Gasteiger partial charge in [-0.1, -0.05) is 31.2 Å². The number of β-amino-alcohol motifs (C(OH)–C–C–N with tert-alkyl or cyclic N) is 1. The molecule has 8 nitrogen and oxygen atoms in total. The summed E-state index contributed by atoms with van der Waals surface area (Å²) in [7, 11) is -2.57. The Bertz CT molecular complexity index is 1500. The molecule has 0 aliphatic carbocycles. The highest BCUT2D eigenvalue weighted by molar-refractivity contribution is 7.89. The Hall–Kier alpha value is -3.25. The van der Waals surface area contributed by atoms with Crippen LogP contribution < -0.4 is 5.32 Å². The van der Waals surface area contributed by atoms with E-state index in [1.807, 2.05) is 13.8 Å². The second-order valence-corrected chi connectivity index (χ2v) is 13.4. The number of sulfonamides is 1. The predicted molar refractivity (Wildman–Crippen MR) is 162 cm³/mol. The summed E-state index contributed by atoms with van der Waals surface area (Å²) in [5.41, 5.74) is 2.36. The van der Waals surface area contributed by atoms with E-state index < -0.39 is 33.9 Å². The predicted octanol–water partition coefficient (Wildman–Crippen LogP) is 4.98. The van der Waals surface area contributed by atoms with Gasteiger partial charge in [0, 0.05) is 43.9 Å². The number of carboxylic acids is 1. The monoisotopic (exact) mass is 617 g/mol. The van der Waals surface area contributed by atoms with Crippen molar-refractivity contribution in [3.05, 3.63) is 83.2 Å². The Balaban J connectivity index is 1.65. The summed E-state index contributed by atoms with van der Waals surface area (Å²) < 4.78 is 56.1. The van der Waals surface area contributed by atoms with E-state index in [4.69, 9.17) is 5.11 Å². The van der Waals surface area contributed by atoms with Gasteiger partial charge in [-0.05, 0) is 92.5 Å². The van der Waals surface area contributed by atoms with E-state index in [-0.39, 0.29) is 41.9 Å². The Morgan fingerprint density at radius 2 is 1.84 bits per heavy atom. The molecule has 3 N–H and O–H groups in total. The lowest BCUT2D eigenvalue weighted by atomic mass is 9.94. The molecule has 2 aromatic carbocycles. The summed E-state index contributed by atoms with van der Waals surface area (Å²) in [5, 5.41) is 23.1. The number of pyridine rings is 1. The number of aliphatic carboxylic acids is 1. The number of aryl methyl sites for hydroxylation is 3. The number of aliphatic hydroxyl groups excluding tert-OH is 1. The van der Waals surface area contributed by atoms with Gasteiger partial charge in [0.25, 0.3) is 0 Å². The number of likely N-dealkylation sites (N-methyl/N-ethyl adjacent to an activating group) is 1. The number of aliphatic hydroxyl groups is 1. The Morgan fingerprint density at radius 3 is 2.49 bits per heavy atom. The molecule has 0 aliphatic heterocycles. The van der Waals surface area contributed by atoms with E-state index in [2.05, 4.69) is 10.3 Å². The Labute approximate surface area is 252 Å². The van der Waals surface area contributed by atoms with E-state index in [1.165, 1.54) is 43.6 Å². The lowest BCUT2D eigenvalue weighted by molar-refractivity contribution is -0.136. The minimum atomic E-state index is -3.98. The number of nitrogens with zero attached hydrogens (tertiary/aromatic N) is 2. The third kappa shape index (κ3) is 9.62. The van der Waals surface area contributed by atoms with Crippen molar-refractivity contribution in [2.24, 2.45) is 0 Å². The molecule has 43 heavy (non-hydrogen) atoms. The maximum absolute atomic E-state index is 14.9. The number of hydrogen-bond donors (Lipinski definition) is 3. The van der Waals surface area contributed by atoms with Crippen LogP contribution in [0, 0.1) is 11.8 Å². The molecule has 0 bridgehead atoms. The molecule has 0 fully saturated rings. The van der Waals surface area contributed by atoms with E-state index in [0.29, 0.717) is 23.1 Å². The lowest BCUT2D eigenvalue weighted by Crippen LogP contribution is -2.46. The van der Waals surface area contributed by atoms with E-state index in [1.54, 1.807) is 25.1 Å². The van der Waals surface area contributed by atoms with Gasteiger partial charge < -0.3 is 15.5 Å². The van der Waals surface area contributed by atoms with Crippen LogP contribution in [0.15, 0.2) is 59.6 Å². The van der Waals surface area contributed by atoms with Gasteiger partial charge in [0.2, 0.25) is 16.0 Å². The van der Waals surface area contributed by atoms with Crippen molar-refractivity contribution < 1.29 is 32.2 Å². The van der Waals surface area contributed by atoms with Gasteiger partial charge in [-0.2, -0.15) is 8.70 Å². The first-order valence-corrected chi connectivity index (χ1v) is 15.8. The van der Waals surface area contributed by atoms with Crippen LogP contribution in [0.4, 0.5) is 8.78 Å². The highest BCUT2D eigenvalue weighted by atomic mass is 32.2. The lowest BCUT2D eigenvalue weighted by Gasteiger charge is -2.29. The molecule has 3 aromatic rings. The van der Waals surface area contributed by atoms with Gasteiger partial charge in [-0.25, -0.2) is 17.8 Å². The average molecular weight is 618 g/mol. The van der Waals surface area contributed by atoms with Crippen LogP contribution in [-0.4, -0.2) is 65.7 Å². The first-order chi connectivity index (χ1) is 20.2. The van der Waals surface area contributed by atoms with Crippen LogP contribution in [0.3, 0.4) is 0 Å². The van der Waals surface area contributed by atoms with Crippen molar-refractivity contribution in [1.29, 1.82) is 0 Å². The highest BCUT2D eigenvalue weighted by Gasteiger charge is 2.27. The molecule has 1 aromatic heterocycles. The highest BCUT2D eigenvalue weighted by Crippen LogP contribution is 2.32. The van der Waals surface area contributed by atoms with Crippen molar-refractivity contribution in [3.8, 4) is 11.1 Å². The fourth-order valence-electron chi connectivity index (χ4n) is 5.00. The quantitative estimate of drug-likeness (QED) is 0.194. The summed E-state index contributed by atoms with van der Waals surface area (Å²) in [6.45, 7) is 5.85. The number of aromatic nitrogens is 1. The second-order valence-electron chi connectivity index (χ2n) is 11.4. The topological polar surface area (TPSA) is 120 Å². The molecule has 1 atom stereocenters. The molecule has 234 valence electrons. The minimum Gasteiger partial charge on any atom is -0.481 e. The molecule has 0 amide bonds. The molecule has 0 spiro atoms. The largest absolute Gasteiger partial charge is 0.481 e. The molecular weight excluding hydrogens is 576 g/mol. The number of benzene rings is 2. The van der Waals surface area contributed by atoms with Crippen LogP contribution in [0.5, 0.6) is 0 Å². The van der Waals surface area contributed by atoms with E-state index in [9.17, 15) is 27.1 Å². The molecule has 0 radical (unpaired) electrons. The van der Waals surface area contributed by atoms with Gasteiger partial charge >= 0.3 is 5.97 Å². The summed E-state index contributed by atoms with van der Waals surface area (Å²) >= 11 is 0. The maximum Gasteiger partial charge on any atom is 0.303 e. The number of hydrogen-bond acceptors (Lipinski definition) is 6. The summed E-state index contributed by atoms with van der Waals surface area (Å²) in [5.74, 6) is -2.01. The zero-order chi connectivity index (χ0) is 31.8. The number of carboxylic acid groups (broad SMARTS) is 1. The molecule has 0 saturated carbocycles. The Morgan fingerprint density at radius 1 is 1.09 bits per heavy atom. The Kier molecular flexibility index (Phi) is 11.9. The number of rotatable bonds is 16. The third-order valence-electron chi connectivity index (χ3n) is 7.47. The van der Waals surface area contributed by atoms with Crippen LogP contribution in [0.2, 0.25) is 0 Å². The second kappa shape index (κ2) is 15.0. The number of nitrogens with one attached hydrogen (secondary N) is 1. The first-order valence-electron chi connectivity index (χ1n) is 14.4. The molecular formula is C32H41F2N3O5S. The van der Waals surface area contributed by atoms with Crippen LogP contribution in [-0.2, 0) is 34.1 Å². The van der Waals surface area contributed by atoms with Crippen molar-refractivity contribution >= 4 is 16.0 Å².